The lowest BCUT2D eigenvalue weighted by Gasteiger charge is -1.95. The minimum absolute atomic E-state index is 0.467. The average molecular weight is 159 g/mol. The molecular formula is C10H9NO. The van der Waals surface area contributed by atoms with Crippen LogP contribution in [0.5, 0.6) is 0 Å². The summed E-state index contributed by atoms with van der Waals surface area (Å²) in [6.45, 7) is 2.04. The van der Waals surface area contributed by atoms with Crippen molar-refractivity contribution in [2.24, 2.45) is 0 Å². The van der Waals surface area contributed by atoms with E-state index < -0.39 is 5.78 Å². The number of hydrogen-bond donors (Lipinski definition) is 0. The predicted octanol–water partition coefficient (Wildman–Crippen LogP) is 1.96. The number of Topliss-reactive ketones (excluding diaryl/α,β-unsaturated/α-hetero) is 1. The maximum atomic E-state index is 10.9. The number of nitrogens with zero attached hydrogens (tertiary/aromatic N) is 1. The highest BCUT2D eigenvalue weighted by Gasteiger charge is 2.01. The molecule has 0 bridgehead atoms. The molecule has 60 valence electrons. The highest BCUT2D eigenvalue weighted by Crippen LogP contribution is 2.04. The highest BCUT2D eigenvalue weighted by molar-refractivity contribution is 6.07. The molecule has 1 aromatic rings. The van der Waals surface area contributed by atoms with E-state index in [1.54, 1.807) is 18.2 Å². The van der Waals surface area contributed by atoms with E-state index in [1.165, 1.54) is 5.56 Å². The molecule has 0 atom stereocenters. The first-order chi connectivity index (χ1) is 5.77. The van der Waals surface area contributed by atoms with Crippen molar-refractivity contribution >= 4 is 5.78 Å². The molecule has 0 fully saturated rings. The molecule has 2 heteroatoms. The monoisotopic (exact) mass is 159 g/mol. The average Bonchev–Trinajstić information content (AvgIpc) is 2.17. The van der Waals surface area contributed by atoms with Gasteiger partial charge in [0, 0.05) is 5.56 Å². The van der Waals surface area contributed by atoms with Gasteiger partial charge in [-0.05, 0) is 12.0 Å². The quantitative estimate of drug-likeness (QED) is 0.489. The summed E-state index contributed by atoms with van der Waals surface area (Å²) in [5.74, 6) is -0.474. The van der Waals surface area contributed by atoms with E-state index >= 15 is 0 Å². The Balaban J connectivity index is 2.94. The third-order valence-electron chi connectivity index (χ3n) is 1.73. The van der Waals surface area contributed by atoms with Crippen LogP contribution >= 0.6 is 0 Å². The summed E-state index contributed by atoms with van der Waals surface area (Å²) in [7, 11) is 0. The zero-order valence-electron chi connectivity index (χ0n) is 6.87. The second kappa shape index (κ2) is 3.68. The zero-order valence-corrected chi connectivity index (χ0v) is 6.87. The van der Waals surface area contributed by atoms with Crippen LogP contribution in [0.4, 0.5) is 0 Å². The van der Waals surface area contributed by atoms with Gasteiger partial charge in [-0.3, -0.25) is 4.79 Å². The number of benzene rings is 1. The molecule has 1 aromatic carbocycles. The third kappa shape index (κ3) is 1.70. The van der Waals surface area contributed by atoms with Crippen LogP contribution < -0.4 is 0 Å². The van der Waals surface area contributed by atoms with E-state index in [4.69, 9.17) is 5.26 Å². The van der Waals surface area contributed by atoms with Gasteiger partial charge in [-0.1, -0.05) is 31.2 Å². The number of hydrogen-bond acceptors (Lipinski definition) is 2. The Kier molecular flexibility index (Phi) is 2.60. The van der Waals surface area contributed by atoms with Gasteiger partial charge < -0.3 is 0 Å². The molecule has 0 N–H and O–H groups in total. The maximum absolute atomic E-state index is 10.9. The molecule has 0 heterocycles. The molecular weight excluding hydrogens is 150 g/mol. The highest BCUT2D eigenvalue weighted by atomic mass is 16.1. The molecule has 0 aliphatic heterocycles. The fourth-order valence-electron chi connectivity index (χ4n) is 0.956. The number of aryl methyl sites for hydroxylation is 1. The molecule has 0 saturated carbocycles. The lowest BCUT2D eigenvalue weighted by Crippen LogP contribution is -1.93. The van der Waals surface area contributed by atoms with Gasteiger partial charge >= 0.3 is 0 Å². The molecule has 1 rings (SSSR count). The fraction of sp³-hybridized carbons (Fsp3) is 0.200. The minimum Gasteiger partial charge on any atom is -0.277 e. The Morgan fingerprint density at radius 3 is 2.42 bits per heavy atom. The first-order valence-electron chi connectivity index (χ1n) is 3.81. The standard InChI is InChI=1S/C10H9NO/c1-2-8-3-5-9(6-4-8)10(12)7-11/h3-6H,2H2,1H3. The van der Waals surface area contributed by atoms with Crippen LogP contribution in [-0.4, -0.2) is 5.78 Å². The van der Waals surface area contributed by atoms with Gasteiger partial charge in [-0.25, -0.2) is 0 Å². The Morgan fingerprint density at radius 1 is 1.42 bits per heavy atom. The summed E-state index contributed by atoms with van der Waals surface area (Å²) in [6, 6.07) is 8.68. The van der Waals surface area contributed by atoms with Crippen molar-refractivity contribution < 1.29 is 4.79 Å². The number of nitriles is 1. The summed E-state index contributed by atoms with van der Waals surface area (Å²) in [5, 5.41) is 8.32. The lowest BCUT2D eigenvalue weighted by atomic mass is 10.1. The van der Waals surface area contributed by atoms with Crippen LogP contribution in [0.3, 0.4) is 0 Å². The van der Waals surface area contributed by atoms with E-state index in [0.717, 1.165) is 6.42 Å². The van der Waals surface area contributed by atoms with Crippen molar-refractivity contribution in [3.05, 3.63) is 35.4 Å². The van der Waals surface area contributed by atoms with Crippen LogP contribution in [-0.2, 0) is 6.42 Å². The van der Waals surface area contributed by atoms with Crippen molar-refractivity contribution in [1.29, 1.82) is 5.26 Å². The number of carbonyl (C=O) groups is 1. The van der Waals surface area contributed by atoms with Crippen molar-refractivity contribution in [1.82, 2.24) is 0 Å². The molecule has 0 saturated heterocycles. The Hall–Kier alpha value is -1.62. The van der Waals surface area contributed by atoms with E-state index in [9.17, 15) is 4.79 Å². The van der Waals surface area contributed by atoms with Gasteiger partial charge in [0.05, 0.1) is 0 Å². The van der Waals surface area contributed by atoms with Crippen molar-refractivity contribution in [3.63, 3.8) is 0 Å². The van der Waals surface area contributed by atoms with Crippen molar-refractivity contribution in [2.75, 3.05) is 0 Å². The molecule has 12 heavy (non-hydrogen) atoms. The molecule has 0 aliphatic carbocycles. The fourth-order valence-corrected chi connectivity index (χ4v) is 0.956. The summed E-state index contributed by atoms with van der Waals surface area (Å²) >= 11 is 0. The Bertz CT molecular complexity index is 319. The molecule has 0 radical (unpaired) electrons. The molecule has 0 amide bonds. The Morgan fingerprint density at radius 2 is 2.00 bits per heavy atom. The van der Waals surface area contributed by atoms with Gasteiger partial charge in [-0.15, -0.1) is 0 Å². The molecule has 2 nitrogen and oxygen atoms in total. The first-order valence-corrected chi connectivity index (χ1v) is 3.81. The smallest absolute Gasteiger partial charge is 0.262 e. The molecule has 0 aromatic heterocycles. The van der Waals surface area contributed by atoms with Gasteiger partial charge in [0.25, 0.3) is 5.78 Å². The summed E-state index contributed by atoms with van der Waals surface area (Å²) in [4.78, 5) is 10.9. The van der Waals surface area contributed by atoms with Gasteiger partial charge in [-0.2, -0.15) is 5.26 Å². The van der Waals surface area contributed by atoms with Crippen LogP contribution in [0.1, 0.15) is 22.8 Å². The van der Waals surface area contributed by atoms with E-state index in [0.29, 0.717) is 5.56 Å². The topological polar surface area (TPSA) is 40.9 Å². The lowest BCUT2D eigenvalue weighted by molar-refractivity contribution is 0.105. The third-order valence-corrected chi connectivity index (χ3v) is 1.73. The zero-order chi connectivity index (χ0) is 8.97. The second-order valence-corrected chi connectivity index (χ2v) is 2.49. The summed E-state index contributed by atoms with van der Waals surface area (Å²) in [6.07, 6.45) is 0.945. The van der Waals surface area contributed by atoms with Crippen molar-refractivity contribution in [3.8, 4) is 6.07 Å². The Labute approximate surface area is 71.4 Å². The largest absolute Gasteiger partial charge is 0.277 e. The van der Waals surface area contributed by atoms with Crippen LogP contribution in [0.15, 0.2) is 24.3 Å². The normalized spacial score (nSPS) is 9.00. The first kappa shape index (κ1) is 8.48. The summed E-state index contributed by atoms with van der Waals surface area (Å²) < 4.78 is 0. The van der Waals surface area contributed by atoms with E-state index in [1.807, 2.05) is 19.1 Å². The van der Waals surface area contributed by atoms with Crippen LogP contribution in [0.25, 0.3) is 0 Å². The molecule has 0 spiro atoms. The summed E-state index contributed by atoms with van der Waals surface area (Å²) in [5.41, 5.74) is 1.64. The van der Waals surface area contributed by atoms with E-state index in [2.05, 4.69) is 0 Å². The van der Waals surface area contributed by atoms with Gasteiger partial charge in [0.2, 0.25) is 0 Å². The number of ketones is 1. The molecule has 0 unspecified atom stereocenters. The van der Waals surface area contributed by atoms with E-state index in [-0.39, 0.29) is 0 Å². The van der Waals surface area contributed by atoms with Crippen molar-refractivity contribution in [2.45, 2.75) is 13.3 Å². The molecule has 0 aliphatic rings. The predicted molar refractivity (Wildman–Crippen MR) is 45.8 cm³/mol. The SMILES string of the molecule is CCc1ccc(C(=O)C#N)cc1. The minimum atomic E-state index is -0.474. The number of carbonyl (C=O) groups excluding carboxylic acids is 1. The second-order valence-electron chi connectivity index (χ2n) is 2.49. The van der Waals surface area contributed by atoms with Gasteiger partial charge in [0.15, 0.2) is 0 Å². The number of rotatable bonds is 2. The van der Waals surface area contributed by atoms with Gasteiger partial charge in [0.1, 0.15) is 6.07 Å². The van der Waals surface area contributed by atoms with Crippen LogP contribution in [0, 0.1) is 11.3 Å². The van der Waals surface area contributed by atoms with Crippen LogP contribution in [0.2, 0.25) is 0 Å². The maximum Gasteiger partial charge on any atom is 0.262 e.